The van der Waals surface area contributed by atoms with E-state index in [1.54, 1.807) is 18.2 Å². The molecule has 0 aromatic heterocycles. The molecular weight excluding hydrogens is 311 g/mol. The maximum absolute atomic E-state index is 12.2. The number of aliphatic hydroxyl groups excluding tert-OH is 1. The number of amides is 1. The highest BCUT2D eigenvalue weighted by atomic mass is 35.5. The average Bonchev–Trinajstić information content (AvgIpc) is 2.46. The van der Waals surface area contributed by atoms with Crippen LogP contribution in [0.3, 0.4) is 0 Å². The van der Waals surface area contributed by atoms with Crippen molar-refractivity contribution in [3.63, 3.8) is 0 Å². The molecule has 0 aliphatic carbocycles. The highest BCUT2D eigenvalue weighted by molar-refractivity contribution is 6.43. The summed E-state index contributed by atoms with van der Waals surface area (Å²) in [5.74, 6) is -0.107. The number of nitrogens with one attached hydrogen (secondary N) is 1. The highest BCUT2D eigenvalue weighted by Gasteiger charge is 2.24. The lowest BCUT2D eigenvalue weighted by Crippen LogP contribution is -2.44. The van der Waals surface area contributed by atoms with E-state index in [-0.39, 0.29) is 18.6 Å². The molecule has 2 rings (SSSR count). The van der Waals surface area contributed by atoms with Gasteiger partial charge < -0.3 is 10.4 Å². The second-order valence-electron chi connectivity index (χ2n) is 5.28. The van der Waals surface area contributed by atoms with Crippen molar-refractivity contribution in [3.05, 3.63) is 28.2 Å². The number of hydrogen-bond acceptors (Lipinski definition) is 3. The number of likely N-dealkylation sites (tertiary alicyclic amines) is 1. The minimum atomic E-state index is -0.107. The number of anilines is 1. The van der Waals surface area contributed by atoms with Crippen LogP contribution in [0.5, 0.6) is 0 Å². The van der Waals surface area contributed by atoms with Gasteiger partial charge in [0.05, 0.1) is 22.3 Å². The molecule has 1 amide bonds. The first-order valence-corrected chi connectivity index (χ1v) is 7.96. The Kier molecular flexibility index (Phi) is 6.30. The van der Waals surface area contributed by atoms with Gasteiger partial charge in [-0.25, -0.2) is 0 Å². The van der Waals surface area contributed by atoms with Crippen LogP contribution in [0.15, 0.2) is 18.2 Å². The molecule has 1 aliphatic heterocycles. The van der Waals surface area contributed by atoms with Gasteiger partial charge in [0.2, 0.25) is 5.91 Å². The van der Waals surface area contributed by atoms with E-state index in [0.29, 0.717) is 28.7 Å². The fourth-order valence-electron chi connectivity index (χ4n) is 2.72. The van der Waals surface area contributed by atoms with E-state index in [9.17, 15) is 4.79 Å². The first-order chi connectivity index (χ1) is 10.1. The monoisotopic (exact) mass is 330 g/mol. The van der Waals surface area contributed by atoms with Gasteiger partial charge in [0, 0.05) is 12.6 Å². The van der Waals surface area contributed by atoms with Crippen LogP contribution < -0.4 is 5.32 Å². The Morgan fingerprint density at radius 1 is 1.38 bits per heavy atom. The van der Waals surface area contributed by atoms with Gasteiger partial charge in [0.1, 0.15) is 0 Å². The van der Waals surface area contributed by atoms with E-state index in [0.717, 1.165) is 25.8 Å². The van der Waals surface area contributed by atoms with Gasteiger partial charge in [0.25, 0.3) is 0 Å². The van der Waals surface area contributed by atoms with E-state index in [2.05, 4.69) is 10.2 Å². The van der Waals surface area contributed by atoms with Gasteiger partial charge in [-0.3, -0.25) is 9.69 Å². The first kappa shape index (κ1) is 16.6. The van der Waals surface area contributed by atoms with Crippen molar-refractivity contribution >= 4 is 34.8 Å². The van der Waals surface area contributed by atoms with Crippen molar-refractivity contribution < 1.29 is 9.90 Å². The van der Waals surface area contributed by atoms with Crippen molar-refractivity contribution in [2.45, 2.75) is 31.7 Å². The van der Waals surface area contributed by atoms with Gasteiger partial charge in [0.15, 0.2) is 0 Å². The lowest BCUT2D eigenvalue weighted by Gasteiger charge is -2.34. The summed E-state index contributed by atoms with van der Waals surface area (Å²) >= 11 is 12.0. The summed E-state index contributed by atoms with van der Waals surface area (Å²) in [6.45, 7) is 1.36. The van der Waals surface area contributed by atoms with Crippen molar-refractivity contribution in [2.24, 2.45) is 0 Å². The minimum absolute atomic E-state index is 0.107. The predicted octanol–water partition coefficient (Wildman–Crippen LogP) is 3.17. The molecule has 1 unspecified atom stereocenters. The van der Waals surface area contributed by atoms with Crippen LogP contribution in [0.1, 0.15) is 25.7 Å². The number of benzene rings is 1. The molecule has 0 spiro atoms. The molecule has 1 heterocycles. The number of piperidine rings is 1. The zero-order chi connectivity index (χ0) is 15.2. The Hall–Kier alpha value is -0.810. The Bertz CT molecular complexity index is 495. The molecular formula is C15H20Cl2N2O2. The molecule has 1 atom stereocenters. The molecule has 1 aromatic rings. The molecule has 4 nitrogen and oxygen atoms in total. The van der Waals surface area contributed by atoms with Gasteiger partial charge in [-0.05, 0) is 37.9 Å². The summed E-state index contributed by atoms with van der Waals surface area (Å²) in [6.07, 6.45) is 3.99. The summed E-state index contributed by atoms with van der Waals surface area (Å²) in [5.41, 5.74) is 0.532. The van der Waals surface area contributed by atoms with Crippen LogP contribution in [0.2, 0.25) is 10.0 Å². The molecule has 1 aliphatic rings. The molecule has 21 heavy (non-hydrogen) atoms. The fraction of sp³-hybridized carbons (Fsp3) is 0.533. The summed E-state index contributed by atoms with van der Waals surface area (Å²) in [4.78, 5) is 14.3. The van der Waals surface area contributed by atoms with Crippen LogP contribution >= 0.6 is 23.2 Å². The number of carbonyl (C=O) groups is 1. The summed E-state index contributed by atoms with van der Waals surface area (Å²) in [5, 5.41) is 12.7. The zero-order valence-electron chi connectivity index (χ0n) is 11.8. The molecule has 0 bridgehead atoms. The quantitative estimate of drug-likeness (QED) is 0.871. The van der Waals surface area contributed by atoms with Crippen molar-refractivity contribution in [1.29, 1.82) is 0 Å². The van der Waals surface area contributed by atoms with E-state index in [1.807, 2.05) is 0 Å². The number of carbonyl (C=O) groups excluding carboxylic acids is 1. The van der Waals surface area contributed by atoms with E-state index in [4.69, 9.17) is 28.3 Å². The van der Waals surface area contributed by atoms with E-state index in [1.165, 1.54) is 0 Å². The van der Waals surface area contributed by atoms with Crippen LogP contribution in [0.25, 0.3) is 0 Å². The molecule has 1 fully saturated rings. The van der Waals surface area contributed by atoms with Gasteiger partial charge in [-0.15, -0.1) is 0 Å². The van der Waals surface area contributed by atoms with Crippen molar-refractivity contribution in [2.75, 3.05) is 25.0 Å². The van der Waals surface area contributed by atoms with Gasteiger partial charge >= 0.3 is 0 Å². The second-order valence-corrected chi connectivity index (χ2v) is 6.07. The summed E-state index contributed by atoms with van der Waals surface area (Å²) in [7, 11) is 0. The Balaban J connectivity index is 1.95. The molecule has 2 N–H and O–H groups in total. The van der Waals surface area contributed by atoms with Gasteiger partial charge in [-0.2, -0.15) is 0 Å². The Morgan fingerprint density at radius 3 is 2.95 bits per heavy atom. The highest BCUT2D eigenvalue weighted by Crippen LogP contribution is 2.29. The predicted molar refractivity (Wildman–Crippen MR) is 86.0 cm³/mol. The number of aliphatic hydroxyl groups is 1. The lowest BCUT2D eigenvalue weighted by atomic mass is 10.00. The molecule has 116 valence electrons. The third-order valence-corrected chi connectivity index (χ3v) is 4.60. The number of hydrogen-bond donors (Lipinski definition) is 2. The maximum Gasteiger partial charge on any atom is 0.238 e. The Morgan fingerprint density at radius 2 is 2.19 bits per heavy atom. The van der Waals surface area contributed by atoms with Crippen molar-refractivity contribution in [1.82, 2.24) is 4.90 Å². The molecule has 1 aromatic carbocycles. The van der Waals surface area contributed by atoms with Crippen molar-refractivity contribution in [3.8, 4) is 0 Å². The summed E-state index contributed by atoms with van der Waals surface area (Å²) < 4.78 is 0. The lowest BCUT2D eigenvalue weighted by molar-refractivity contribution is -0.118. The smallest absolute Gasteiger partial charge is 0.238 e. The topological polar surface area (TPSA) is 52.6 Å². The third kappa shape index (κ3) is 4.58. The first-order valence-electron chi connectivity index (χ1n) is 7.20. The molecule has 1 saturated heterocycles. The van der Waals surface area contributed by atoms with Gasteiger partial charge in [-0.1, -0.05) is 35.7 Å². The van der Waals surface area contributed by atoms with E-state index < -0.39 is 0 Å². The fourth-order valence-corrected chi connectivity index (χ4v) is 3.07. The SMILES string of the molecule is O=C(CN1CCCCC1CCO)Nc1cccc(Cl)c1Cl. The number of halogens is 2. The van der Waals surface area contributed by atoms with Crippen LogP contribution in [0, 0.1) is 0 Å². The third-order valence-electron chi connectivity index (χ3n) is 3.78. The summed E-state index contributed by atoms with van der Waals surface area (Å²) in [6, 6.07) is 5.44. The number of nitrogens with zero attached hydrogens (tertiary/aromatic N) is 1. The normalized spacial score (nSPS) is 19.5. The van der Waals surface area contributed by atoms with Crippen LogP contribution in [-0.2, 0) is 4.79 Å². The Labute approximate surface area is 135 Å². The standard InChI is InChI=1S/C15H20Cl2N2O2/c16-12-5-3-6-13(15(12)17)18-14(21)10-19-8-2-1-4-11(19)7-9-20/h3,5-6,11,20H,1-2,4,7-10H2,(H,18,21). The minimum Gasteiger partial charge on any atom is -0.396 e. The second kappa shape index (κ2) is 7.99. The number of rotatable bonds is 5. The van der Waals surface area contributed by atoms with Crippen LogP contribution in [-0.4, -0.2) is 41.7 Å². The molecule has 0 saturated carbocycles. The molecule has 0 radical (unpaired) electrons. The molecule has 6 heteroatoms. The maximum atomic E-state index is 12.2. The largest absolute Gasteiger partial charge is 0.396 e. The van der Waals surface area contributed by atoms with E-state index >= 15 is 0 Å². The zero-order valence-corrected chi connectivity index (χ0v) is 13.3. The van der Waals surface area contributed by atoms with Crippen LogP contribution in [0.4, 0.5) is 5.69 Å². The average molecular weight is 331 g/mol.